The maximum atomic E-state index is 3.72. The Morgan fingerprint density at radius 1 is 1.00 bits per heavy atom. The smallest absolute Gasteiger partial charge is 0.0178 e. The molecule has 0 heterocycles. The van der Waals surface area contributed by atoms with Gasteiger partial charge in [-0.15, -0.1) is 0 Å². The van der Waals surface area contributed by atoms with Gasteiger partial charge in [-0.3, -0.25) is 0 Å². The fourth-order valence-corrected chi connectivity index (χ4v) is 2.23. The number of hydrogen-bond donors (Lipinski definition) is 0. The molecule has 0 saturated carbocycles. The molecule has 100 valence electrons. The van der Waals surface area contributed by atoms with Crippen LogP contribution in [0.2, 0.25) is 0 Å². The molecular weight excluding hydrogens is 240 g/mol. The predicted octanol–water partition coefficient (Wildman–Crippen LogP) is 5.81. The van der Waals surface area contributed by atoms with E-state index in [9.17, 15) is 0 Å². The van der Waals surface area contributed by atoms with Crippen molar-refractivity contribution < 1.29 is 0 Å². The molecule has 0 N–H and O–H groups in total. The van der Waals surface area contributed by atoms with Crippen LogP contribution in [0.25, 0.3) is 16.7 Å². The number of hydrogen-bond acceptors (Lipinski definition) is 0. The third-order valence-electron chi connectivity index (χ3n) is 3.27. The van der Waals surface area contributed by atoms with E-state index >= 15 is 0 Å². The van der Waals surface area contributed by atoms with Gasteiger partial charge in [0.25, 0.3) is 0 Å². The summed E-state index contributed by atoms with van der Waals surface area (Å²) in [6.07, 6.45) is 7.97. The molecule has 0 fully saturated rings. The van der Waals surface area contributed by atoms with Crippen molar-refractivity contribution in [3.63, 3.8) is 0 Å². The summed E-state index contributed by atoms with van der Waals surface area (Å²) >= 11 is 0. The van der Waals surface area contributed by atoms with Crippen molar-refractivity contribution in [2.24, 2.45) is 0 Å². The average molecular weight is 260 g/mol. The quantitative estimate of drug-likeness (QED) is 0.609. The average Bonchev–Trinajstić information content (AvgIpc) is 2.48. The molecule has 0 saturated heterocycles. The van der Waals surface area contributed by atoms with Gasteiger partial charge in [-0.05, 0) is 42.2 Å². The Morgan fingerprint density at radius 2 is 1.70 bits per heavy atom. The fourth-order valence-electron chi connectivity index (χ4n) is 2.23. The van der Waals surface area contributed by atoms with Crippen molar-refractivity contribution >= 4 is 5.57 Å². The molecule has 2 aromatic carbocycles. The summed E-state index contributed by atoms with van der Waals surface area (Å²) in [6, 6.07) is 17.2. The van der Waals surface area contributed by atoms with Crippen molar-refractivity contribution in [3.05, 3.63) is 90.5 Å². The lowest BCUT2D eigenvalue weighted by Crippen LogP contribution is -1.84. The van der Waals surface area contributed by atoms with Gasteiger partial charge in [0.1, 0.15) is 0 Å². The second-order valence-electron chi connectivity index (χ2n) is 4.79. The molecule has 0 heteroatoms. The minimum Gasteiger partial charge on any atom is -0.0991 e. The minimum atomic E-state index is 1.21. The van der Waals surface area contributed by atoms with Gasteiger partial charge in [-0.2, -0.15) is 0 Å². The van der Waals surface area contributed by atoms with Crippen LogP contribution in [0.3, 0.4) is 0 Å². The summed E-state index contributed by atoms with van der Waals surface area (Å²) < 4.78 is 0. The van der Waals surface area contributed by atoms with Gasteiger partial charge in [0, 0.05) is 0 Å². The van der Waals surface area contributed by atoms with E-state index in [4.69, 9.17) is 0 Å². The second-order valence-corrected chi connectivity index (χ2v) is 4.79. The Balaban J connectivity index is 2.42. The second kappa shape index (κ2) is 6.72. The molecule has 2 aromatic rings. The molecule has 0 atom stereocenters. The molecule has 0 aliphatic carbocycles. The Labute approximate surface area is 121 Å². The topological polar surface area (TPSA) is 0 Å². The summed E-state index contributed by atoms with van der Waals surface area (Å²) in [5.41, 5.74) is 6.22. The molecule has 20 heavy (non-hydrogen) atoms. The Bertz CT molecular complexity index is 657. The highest BCUT2D eigenvalue weighted by molar-refractivity contribution is 5.78. The van der Waals surface area contributed by atoms with E-state index in [2.05, 4.69) is 81.1 Å². The van der Waals surface area contributed by atoms with E-state index in [1.807, 2.05) is 6.08 Å². The van der Waals surface area contributed by atoms with Crippen LogP contribution in [0, 0.1) is 6.92 Å². The third kappa shape index (κ3) is 3.36. The highest BCUT2D eigenvalue weighted by Gasteiger charge is 2.01. The monoisotopic (exact) mass is 260 g/mol. The van der Waals surface area contributed by atoms with E-state index in [0.717, 1.165) is 0 Å². The minimum absolute atomic E-state index is 1.21. The first kappa shape index (κ1) is 14.1. The fraction of sp³-hybridized carbons (Fsp3) is 0.100. The summed E-state index contributed by atoms with van der Waals surface area (Å²) in [5.74, 6) is 0. The standard InChI is InChI=1S/C20H20/c1-4-6-10-17(5-2)19-12-8-13-20(15-19)18-11-7-9-16(3)14-18/h4-15H,1H2,2-3H3/b10-6-,17-5+. The van der Waals surface area contributed by atoms with Crippen LogP contribution in [-0.4, -0.2) is 0 Å². The van der Waals surface area contributed by atoms with Crippen LogP contribution in [0.4, 0.5) is 0 Å². The van der Waals surface area contributed by atoms with Gasteiger partial charge in [0.05, 0.1) is 0 Å². The van der Waals surface area contributed by atoms with Crippen LogP contribution in [0.1, 0.15) is 18.1 Å². The number of rotatable bonds is 4. The highest BCUT2D eigenvalue weighted by Crippen LogP contribution is 2.25. The lowest BCUT2D eigenvalue weighted by Gasteiger charge is -2.07. The Kier molecular flexibility index (Phi) is 4.73. The molecule has 0 nitrogen and oxygen atoms in total. The van der Waals surface area contributed by atoms with Crippen molar-refractivity contribution in [2.75, 3.05) is 0 Å². The van der Waals surface area contributed by atoms with Gasteiger partial charge in [-0.1, -0.05) is 78.9 Å². The van der Waals surface area contributed by atoms with Gasteiger partial charge < -0.3 is 0 Å². The lowest BCUT2D eigenvalue weighted by atomic mass is 9.98. The van der Waals surface area contributed by atoms with Gasteiger partial charge in [0.15, 0.2) is 0 Å². The first-order valence-electron chi connectivity index (χ1n) is 6.87. The van der Waals surface area contributed by atoms with Crippen molar-refractivity contribution in [1.82, 2.24) is 0 Å². The highest BCUT2D eigenvalue weighted by atomic mass is 14.1. The summed E-state index contributed by atoms with van der Waals surface area (Å²) in [4.78, 5) is 0. The van der Waals surface area contributed by atoms with Crippen molar-refractivity contribution in [3.8, 4) is 11.1 Å². The van der Waals surface area contributed by atoms with Crippen LogP contribution in [0.15, 0.2) is 79.4 Å². The lowest BCUT2D eigenvalue weighted by molar-refractivity contribution is 1.46. The number of allylic oxidation sites excluding steroid dienone is 5. The van der Waals surface area contributed by atoms with Crippen LogP contribution in [0.5, 0.6) is 0 Å². The molecule has 0 radical (unpaired) electrons. The summed E-state index contributed by atoms with van der Waals surface area (Å²) in [5, 5.41) is 0. The van der Waals surface area contributed by atoms with E-state index < -0.39 is 0 Å². The van der Waals surface area contributed by atoms with Gasteiger partial charge >= 0.3 is 0 Å². The van der Waals surface area contributed by atoms with E-state index in [1.165, 1.54) is 27.8 Å². The molecule has 0 bridgehead atoms. The molecule has 0 aliphatic heterocycles. The van der Waals surface area contributed by atoms with Crippen molar-refractivity contribution in [1.29, 1.82) is 0 Å². The summed E-state index contributed by atoms with van der Waals surface area (Å²) in [7, 11) is 0. The van der Waals surface area contributed by atoms with E-state index in [1.54, 1.807) is 6.08 Å². The van der Waals surface area contributed by atoms with Gasteiger partial charge in [-0.25, -0.2) is 0 Å². The van der Waals surface area contributed by atoms with Crippen LogP contribution < -0.4 is 0 Å². The summed E-state index contributed by atoms with van der Waals surface area (Å²) in [6.45, 7) is 7.90. The Hall–Kier alpha value is -2.34. The molecule has 2 rings (SSSR count). The zero-order chi connectivity index (χ0) is 14.4. The maximum Gasteiger partial charge on any atom is -0.0178 e. The predicted molar refractivity (Wildman–Crippen MR) is 89.6 cm³/mol. The van der Waals surface area contributed by atoms with Gasteiger partial charge in [0.2, 0.25) is 0 Å². The first-order chi connectivity index (χ1) is 9.74. The Morgan fingerprint density at radius 3 is 2.35 bits per heavy atom. The molecule has 0 spiro atoms. The molecule has 0 aromatic heterocycles. The van der Waals surface area contributed by atoms with E-state index in [-0.39, 0.29) is 0 Å². The third-order valence-corrected chi connectivity index (χ3v) is 3.27. The van der Waals surface area contributed by atoms with Crippen molar-refractivity contribution in [2.45, 2.75) is 13.8 Å². The molecule has 0 aliphatic rings. The molecular formula is C20H20. The zero-order valence-corrected chi connectivity index (χ0v) is 12.1. The largest absolute Gasteiger partial charge is 0.0991 e. The first-order valence-corrected chi connectivity index (χ1v) is 6.87. The number of benzene rings is 2. The molecule has 0 unspecified atom stereocenters. The van der Waals surface area contributed by atoms with E-state index in [0.29, 0.717) is 0 Å². The molecule has 0 amide bonds. The number of aryl methyl sites for hydroxylation is 1. The van der Waals surface area contributed by atoms with Crippen LogP contribution in [-0.2, 0) is 0 Å². The maximum absolute atomic E-state index is 3.72. The van der Waals surface area contributed by atoms with Crippen LogP contribution >= 0.6 is 0 Å². The zero-order valence-electron chi connectivity index (χ0n) is 12.1. The normalized spacial score (nSPS) is 11.8. The SMILES string of the molecule is C=C/C=C\C(=C/C)c1cccc(-c2cccc(C)c2)c1.